The smallest absolute Gasteiger partial charge is 0.257 e. The third-order valence-electron chi connectivity index (χ3n) is 3.91. The first-order chi connectivity index (χ1) is 11.7. The van der Waals surface area contributed by atoms with E-state index in [0.29, 0.717) is 11.8 Å². The molecule has 0 radical (unpaired) electrons. The van der Waals surface area contributed by atoms with Crippen molar-refractivity contribution in [3.63, 3.8) is 0 Å². The van der Waals surface area contributed by atoms with Crippen LogP contribution in [-0.4, -0.2) is 27.1 Å². The highest BCUT2D eigenvalue weighted by molar-refractivity contribution is 7.18. The van der Waals surface area contributed by atoms with Gasteiger partial charge in [-0.05, 0) is 37.6 Å². The van der Waals surface area contributed by atoms with E-state index in [0.717, 1.165) is 21.9 Å². The Labute approximate surface area is 147 Å². The van der Waals surface area contributed by atoms with Crippen LogP contribution in [0.25, 0.3) is 21.0 Å². The topological polar surface area (TPSA) is 55.1 Å². The van der Waals surface area contributed by atoms with Crippen molar-refractivity contribution in [2.45, 2.75) is 19.5 Å². The molecule has 4 aromatic rings. The monoisotopic (exact) mass is 356 g/mol. The molecule has 0 unspecified atom stereocenters. The van der Waals surface area contributed by atoms with Crippen LogP contribution in [-0.2, 0) is 6.54 Å². The molecule has 5 nitrogen and oxygen atoms in total. The standard InChI is InChI=1S/C17H16N4OS2/c1-11(16-19-20-17(22-16)14-8-5-9-23-14)21(2)10-15-18-12-6-3-4-7-13(12)24-15/h3-9,11H,10H2,1-2H3/t11-/m0/s1. The third kappa shape index (κ3) is 2.98. The zero-order valence-electron chi connectivity index (χ0n) is 13.3. The average molecular weight is 356 g/mol. The van der Waals surface area contributed by atoms with Gasteiger partial charge in [-0.3, -0.25) is 4.90 Å². The van der Waals surface area contributed by atoms with Gasteiger partial charge < -0.3 is 4.42 Å². The van der Waals surface area contributed by atoms with E-state index >= 15 is 0 Å². The number of rotatable bonds is 5. The van der Waals surface area contributed by atoms with Crippen LogP contribution in [0.4, 0.5) is 0 Å². The lowest BCUT2D eigenvalue weighted by molar-refractivity contribution is 0.218. The molecule has 1 aromatic carbocycles. The Morgan fingerprint density at radius 2 is 2.04 bits per heavy atom. The summed E-state index contributed by atoms with van der Waals surface area (Å²) in [5.74, 6) is 1.21. The molecule has 0 fully saturated rings. The number of hydrogen-bond donors (Lipinski definition) is 0. The molecule has 122 valence electrons. The SMILES string of the molecule is C[C@@H](c1nnc(-c2cccs2)o1)N(C)Cc1nc2ccccc2s1. The molecule has 0 saturated carbocycles. The molecule has 0 bridgehead atoms. The van der Waals surface area contributed by atoms with Gasteiger partial charge in [-0.1, -0.05) is 18.2 Å². The summed E-state index contributed by atoms with van der Waals surface area (Å²) in [6, 6.07) is 12.2. The lowest BCUT2D eigenvalue weighted by Gasteiger charge is -2.20. The molecule has 3 aromatic heterocycles. The van der Waals surface area contributed by atoms with Crippen molar-refractivity contribution in [2.24, 2.45) is 0 Å². The molecule has 0 aliphatic rings. The molecule has 0 aliphatic heterocycles. The minimum Gasteiger partial charge on any atom is -0.418 e. The highest BCUT2D eigenvalue weighted by Crippen LogP contribution is 2.28. The van der Waals surface area contributed by atoms with Gasteiger partial charge in [0.05, 0.1) is 27.7 Å². The summed E-state index contributed by atoms with van der Waals surface area (Å²) >= 11 is 3.32. The van der Waals surface area contributed by atoms with E-state index in [2.05, 4.69) is 33.1 Å². The van der Waals surface area contributed by atoms with Crippen molar-refractivity contribution in [2.75, 3.05) is 7.05 Å². The quantitative estimate of drug-likeness (QED) is 0.523. The number of benzene rings is 1. The number of thiazole rings is 1. The Kier molecular flexibility index (Phi) is 4.13. The van der Waals surface area contributed by atoms with E-state index in [1.165, 1.54) is 4.70 Å². The van der Waals surface area contributed by atoms with Crippen molar-refractivity contribution in [1.29, 1.82) is 0 Å². The van der Waals surface area contributed by atoms with Gasteiger partial charge in [0, 0.05) is 0 Å². The van der Waals surface area contributed by atoms with E-state index in [1.807, 2.05) is 42.8 Å². The van der Waals surface area contributed by atoms with Gasteiger partial charge in [-0.15, -0.1) is 32.9 Å². The second kappa shape index (κ2) is 6.43. The van der Waals surface area contributed by atoms with E-state index in [9.17, 15) is 0 Å². The van der Waals surface area contributed by atoms with E-state index in [1.54, 1.807) is 22.7 Å². The van der Waals surface area contributed by atoms with Crippen LogP contribution in [0.1, 0.15) is 23.9 Å². The van der Waals surface area contributed by atoms with Crippen molar-refractivity contribution in [1.82, 2.24) is 20.1 Å². The van der Waals surface area contributed by atoms with Gasteiger partial charge in [0.2, 0.25) is 5.89 Å². The Morgan fingerprint density at radius 3 is 2.83 bits per heavy atom. The summed E-state index contributed by atoms with van der Waals surface area (Å²) in [6.07, 6.45) is 0. The zero-order chi connectivity index (χ0) is 16.5. The minimum absolute atomic E-state index is 0.0261. The fourth-order valence-corrected chi connectivity index (χ4v) is 4.10. The largest absolute Gasteiger partial charge is 0.418 e. The van der Waals surface area contributed by atoms with Gasteiger partial charge >= 0.3 is 0 Å². The lowest BCUT2D eigenvalue weighted by atomic mass is 10.3. The van der Waals surface area contributed by atoms with E-state index in [4.69, 9.17) is 4.42 Å². The highest BCUT2D eigenvalue weighted by Gasteiger charge is 2.20. The van der Waals surface area contributed by atoms with Crippen molar-refractivity contribution in [3.8, 4) is 10.8 Å². The number of aromatic nitrogens is 3. The first-order valence-electron chi connectivity index (χ1n) is 7.62. The lowest BCUT2D eigenvalue weighted by Crippen LogP contribution is -2.22. The van der Waals surface area contributed by atoms with E-state index in [-0.39, 0.29) is 6.04 Å². The van der Waals surface area contributed by atoms with Crippen LogP contribution >= 0.6 is 22.7 Å². The minimum atomic E-state index is 0.0261. The van der Waals surface area contributed by atoms with Gasteiger partial charge in [-0.2, -0.15) is 0 Å². The van der Waals surface area contributed by atoms with Crippen LogP contribution in [0.3, 0.4) is 0 Å². The molecular weight excluding hydrogens is 340 g/mol. The Bertz CT molecular complexity index is 911. The maximum atomic E-state index is 5.84. The molecule has 0 spiro atoms. The number of hydrogen-bond acceptors (Lipinski definition) is 7. The summed E-state index contributed by atoms with van der Waals surface area (Å²) < 4.78 is 7.05. The molecule has 4 rings (SSSR count). The highest BCUT2D eigenvalue weighted by atomic mass is 32.1. The number of fused-ring (bicyclic) bond motifs is 1. The zero-order valence-corrected chi connectivity index (χ0v) is 15.0. The average Bonchev–Trinajstić information content (AvgIpc) is 3.32. The summed E-state index contributed by atoms with van der Waals surface area (Å²) in [4.78, 5) is 7.85. The predicted octanol–water partition coefficient (Wildman–Crippen LogP) is 4.60. The molecular formula is C17H16N4OS2. The third-order valence-corrected chi connectivity index (χ3v) is 5.79. The first-order valence-corrected chi connectivity index (χ1v) is 9.32. The Balaban J connectivity index is 1.50. The van der Waals surface area contributed by atoms with Gasteiger partial charge in [0.25, 0.3) is 5.89 Å². The molecule has 0 saturated heterocycles. The number of thiophene rings is 1. The van der Waals surface area contributed by atoms with Gasteiger partial charge in [0.15, 0.2) is 0 Å². The van der Waals surface area contributed by atoms with Gasteiger partial charge in [-0.25, -0.2) is 4.98 Å². The molecule has 3 heterocycles. The number of para-hydroxylation sites is 1. The summed E-state index contributed by atoms with van der Waals surface area (Å²) in [7, 11) is 2.05. The summed E-state index contributed by atoms with van der Waals surface area (Å²) in [5, 5.41) is 11.5. The first kappa shape index (κ1) is 15.4. The maximum Gasteiger partial charge on any atom is 0.257 e. The summed E-state index contributed by atoms with van der Waals surface area (Å²) in [6.45, 7) is 2.82. The van der Waals surface area contributed by atoms with Crippen LogP contribution in [0, 0.1) is 0 Å². The molecule has 24 heavy (non-hydrogen) atoms. The fraction of sp³-hybridized carbons (Fsp3) is 0.235. The molecule has 0 aliphatic carbocycles. The van der Waals surface area contributed by atoms with Crippen LogP contribution in [0.5, 0.6) is 0 Å². The van der Waals surface area contributed by atoms with Crippen LogP contribution in [0.2, 0.25) is 0 Å². The number of nitrogens with zero attached hydrogens (tertiary/aromatic N) is 4. The van der Waals surface area contributed by atoms with Crippen LogP contribution < -0.4 is 0 Å². The normalized spacial score (nSPS) is 13.0. The second-order valence-electron chi connectivity index (χ2n) is 5.59. The maximum absolute atomic E-state index is 5.84. The second-order valence-corrected chi connectivity index (χ2v) is 7.65. The van der Waals surface area contributed by atoms with Crippen molar-refractivity contribution in [3.05, 3.63) is 52.7 Å². The molecule has 7 heteroatoms. The molecule has 0 N–H and O–H groups in total. The predicted molar refractivity (Wildman–Crippen MR) is 97.1 cm³/mol. The molecule has 1 atom stereocenters. The summed E-state index contributed by atoms with van der Waals surface area (Å²) in [5.41, 5.74) is 1.05. The van der Waals surface area contributed by atoms with Crippen LogP contribution in [0.15, 0.2) is 46.2 Å². The Morgan fingerprint density at radius 1 is 1.17 bits per heavy atom. The van der Waals surface area contributed by atoms with E-state index < -0.39 is 0 Å². The fourth-order valence-electron chi connectivity index (χ4n) is 2.43. The van der Waals surface area contributed by atoms with Crippen molar-refractivity contribution >= 4 is 32.9 Å². The Hall–Kier alpha value is -2.09. The van der Waals surface area contributed by atoms with Crippen molar-refractivity contribution < 1.29 is 4.42 Å². The molecule has 0 amide bonds. The van der Waals surface area contributed by atoms with Gasteiger partial charge in [0.1, 0.15) is 5.01 Å².